The highest BCUT2D eigenvalue weighted by atomic mass is 35.5. The van der Waals surface area contributed by atoms with Crippen molar-refractivity contribution in [1.29, 1.82) is 0 Å². The van der Waals surface area contributed by atoms with Crippen LogP contribution in [-0.2, 0) is 22.2 Å². The van der Waals surface area contributed by atoms with E-state index in [0.717, 1.165) is 41.4 Å². The van der Waals surface area contributed by atoms with E-state index in [4.69, 9.17) is 11.6 Å². The lowest BCUT2D eigenvalue weighted by Crippen LogP contribution is -2.24. The summed E-state index contributed by atoms with van der Waals surface area (Å²) in [7, 11) is -4.03. The first-order valence-corrected chi connectivity index (χ1v) is 18.1. The van der Waals surface area contributed by atoms with Gasteiger partial charge in [-0.15, -0.1) is 11.3 Å². The molecule has 5 heterocycles. The van der Waals surface area contributed by atoms with Crippen molar-refractivity contribution in [2.45, 2.75) is 43.2 Å². The number of benzene rings is 2. The molecule has 2 aromatic carbocycles. The molecule has 0 radical (unpaired) electrons. The third-order valence-electron chi connectivity index (χ3n) is 8.31. The molecule has 1 unspecified atom stereocenters. The van der Waals surface area contributed by atoms with E-state index in [0.29, 0.717) is 44.5 Å². The third kappa shape index (κ3) is 5.32. The van der Waals surface area contributed by atoms with Gasteiger partial charge in [0.05, 0.1) is 20.5 Å². The molecule has 11 heteroatoms. The highest BCUT2D eigenvalue weighted by Gasteiger charge is 2.37. The lowest BCUT2D eigenvalue weighted by molar-refractivity contribution is 0.0655. The van der Waals surface area contributed by atoms with Gasteiger partial charge < -0.3 is 5.11 Å². The van der Waals surface area contributed by atoms with Crippen molar-refractivity contribution in [2.75, 3.05) is 24.6 Å². The zero-order chi connectivity index (χ0) is 29.8. The zero-order valence-electron chi connectivity index (χ0n) is 23.7. The van der Waals surface area contributed by atoms with Gasteiger partial charge in [0.25, 0.3) is 10.0 Å². The Kier molecular flexibility index (Phi) is 7.64. The summed E-state index contributed by atoms with van der Waals surface area (Å²) in [6.45, 7) is 5.02. The Morgan fingerprint density at radius 1 is 1.02 bits per heavy atom. The lowest BCUT2D eigenvalue weighted by Gasteiger charge is -2.17. The number of nitrogens with zero attached hydrogens (tertiary/aromatic N) is 4. The maximum absolute atomic E-state index is 14.3. The molecule has 222 valence electrons. The van der Waals surface area contributed by atoms with Crippen LogP contribution in [0.25, 0.3) is 32.7 Å². The van der Waals surface area contributed by atoms with Gasteiger partial charge in [-0.05, 0) is 74.4 Å². The van der Waals surface area contributed by atoms with Gasteiger partial charge in [0, 0.05) is 35.6 Å². The highest BCUT2D eigenvalue weighted by Crippen LogP contribution is 2.45. The largest absolute Gasteiger partial charge is 0.382 e. The van der Waals surface area contributed by atoms with Crippen LogP contribution in [0.5, 0.6) is 0 Å². The van der Waals surface area contributed by atoms with Crippen LogP contribution in [0.2, 0.25) is 5.02 Å². The number of thioether (sulfide) groups is 1. The highest BCUT2D eigenvalue weighted by molar-refractivity contribution is 7.99. The number of hydrogen-bond donors (Lipinski definition) is 1. The normalized spacial score (nSPS) is 19.5. The number of rotatable bonds is 7. The monoisotopic (exact) mass is 650 g/mol. The van der Waals surface area contributed by atoms with Gasteiger partial charge in [-0.1, -0.05) is 53.6 Å². The quantitative estimate of drug-likeness (QED) is 0.204. The average molecular weight is 651 g/mol. The second kappa shape index (κ2) is 11.3. The molecule has 7 rings (SSSR count). The Morgan fingerprint density at radius 3 is 2.47 bits per heavy atom. The summed E-state index contributed by atoms with van der Waals surface area (Å²) in [6.07, 6.45) is 6.33. The van der Waals surface area contributed by atoms with Crippen LogP contribution in [-0.4, -0.2) is 57.0 Å². The Labute approximate surface area is 264 Å². The summed E-state index contributed by atoms with van der Waals surface area (Å²) in [6, 6.07) is 16.8. The molecule has 2 aliphatic heterocycles. The fourth-order valence-corrected chi connectivity index (χ4v) is 10.1. The molecule has 2 aliphatic rings. The van der Waals surface area contributed by atoms with E-state index in [1.807, 2.05) is 25.1 Å². The molecular formula is C32H31ClN4O3S3. The van der Waals surface area contributed by atoms with Crippen LogP contribution in [0.4, 0.5) is 0 Å². The molecule has 3 aromatic heterocycles. The third-order valence-corrected chi connectivity index (χ3v) is 12.7. The minimum atomic E-state index is -4.03. The second-order valence-electron chi connectivity index (χ2n) is 11.4. The van der Waals surface area contributed by atoms with E-state index in [1.165, 1.54) is 39.9 Å². The minimum absolute atomic E-state index is 0.182. The summed E-state index contributed by atoms with van der Waals surface area (Å²) >= 11 is 9.89. The Hall–Kier alpha value is -2.73. The van der Waals surface area contributed by atoms with Crippen molar-refractivity contribution in [1.82, 2.24) is 18.8 Å². The maximum atomic E-state index is 14.3. The first-order chi connectivity index (χ1) is 20.7. The minimum Gasteiger partial charge on any atom is -0.382 e. The first-order valence-electron chi connectivity index (χ1n) is 14.3. The predicted molar refractivity (Wildman–Crippen MR) is 175 cm³/mol. The number of halogens is 1. The van der Waals surface area contributed by atoms with E-state index in [9.17, 15) is 13.5 Å². The van der Waals surface area contributed by atoms with E-state index in [1.54, 1.807) is 42.2 Å². The summed E-state index contributed by atoms with van der Waals surface area (Å²) < 4.78 is 29.9. The fraction of sp³-hybridized carbons (Fsp3) is 0.312. The smallest absolute Gasteiger partial charge is 0.269 e. The van der Waals surface area contributed by atoms with E-state index >= 15 is 0 Å². The zero-order valence-corrected chi connectivity index (χ0v) is 26.9. The SMILES string of the molecule is Cc1ccc(S(=O)(=O)n2c(-c3ccc(CN4CCCC4)cc3)cc3c(-c4cnc(C5(O)CCSC5)s4)c(Cl)cnc32)cc1. The van der Waals surface area contributed by atoms with E-state index < -0.39 is 15.6 Å². The van der Waals surface area contributed by atoms with E-state index in [-0.39, 0.29) is 4.90 Å². The summed E-state index contributed by atoms with van der Waals surface area (Å²) in [5.74, 6) is 1.48. The summed E-state index contributed by atoms with van der Waals surface area (Å²) in [5, 5.41) is 12.8. The predicted octanol–water partition coefficient (Wildman–Crippen LogP) is 6.95. The molecule has 2 fully saturated rings. The molecule has 2 saturated heterocycles. The summed E-state index contributed by atoms with van der Waals surface area (Å²) in [4.78, 5) is 12.6. The number of aryl methyl sites for hydroxylation is 1. The Balaban J connectivity index is 1.40. The number of thiazole rings is 1. The molecule has 7 nitrogen and oxygen atoms in total. The number of aliphatic hydroxyl groups is 1. The van der Waals surface area contributed by atoms with Crippen LogP contribution >= 0.6 is 34.7 Å². The molecular weight excluding hydrogens is 620 g/mol. The van der Waals surface area contributed by atoms with Crippen LogP contribution < -0.4 is 0 Å². The maximum Gasteiger partial charge on any atom is 0.269 e. The molecule has 0 saturated carbocycles. The van der Waals surface area contributed by atoms with Gasteiger partial charge in [-0.25, -0.2) is 22.4 Å². The van der Waals surface area contributed by atoms with Crippen molar-refractivity contribution in [3.63, 3.8) is 0 Å². The van der Waals surface area contributed by atoms with Gasteiger partial charge in [0.2, 0.25) is 0 Å². The van der Waals surface area contributed by atoms with Gasteiger partial charge >= 0.3 is 0 Å². The number of likely N-dealkylation sites (tertiary alicyclic amines) is 1. The second-order valence-corrected chi connectivity index (χ2v) is 15.7. The number of fused-ring (bicyclic) bond motifs is 1. The average Bonchev–Trinajstić information content (AvgIpc) is 3.81. The standard InChI is InChI=1S/C32H31ClN4O3S3/c1-21-4-10-24(11-5-21)43(39,40)37-27(23-8-6-22(7-9-23)19-36-13-2-3-14-36)16-25-29(26(33)17-34-30(25)37)28-18-35-31(42-28)32(38)12-15-41-20-32/h4-11,16-18,38H,2-3,12-15,19-20H2,1H3. The van der Waals surface area contributed by atoms with Crippen molar-refractivity contribution >= 4 is 55.8 Å². The lowest BCUT2D eigenvalue weighted by atomic mass is 10.1. The van der Waals surface area contributed by atoms with Gasteiger partial charge in [-0.2, -0.15) is 11.8 Å². The van der Waals surface area contributed by atoms with Gasteiger partial charge in [-0.3, -0.25) is 4.90 Å². The number of pyridine rings is 1. The van der Waals surface area contributed by atoms with Crippen molar-refractivity contribution < 1.29 is 13.5 Å². The molecule has 43 heavy (non-hydrogen) atoms. The van der Waals surface area contributed by atoms with Crippen LogP contribution in [0.1, 0.15) is 35.4 Å². The molecule has 5 aromatic rings. The number of hydrogen-bond acceptors (Lipinski definition) is 8. The van der Waals surface area contributed by atoms with Crippen molar-refractivity contribution in [2.24, 2.45) is 0 Å². The van der Waals surface area contributed by atoms with Crippen LogP contribution in [0.15, 0.2) is 71.9 Å². The molecule has 0 amide bonds. The summed E-state index contributed by atoms with van der Waals surface area (Å²) in [5.41, 5.74) is 3.43. The van der Waals surface area contributed by atoms with Gasteiger partial charge in [0.15, 0.2) is 5.65 Å². The fourth-order valence-electron chi connectivity index (χ4n) is 5.92. The Morgan fingerprint density at radius 2 is 1.77 bits per heavy atom. The van der Waals surface area contributed by atoms with Crippen molar-refractivity contribution in [3.05, 3.63) is 88.1 Å². The first kappa shape index (κ1) is 29.0. The van der Waals surface area contributed by atoms with E-state index in [2.05, 4.69) is 27.0 Å². The molecule has 0 bridgehead atoms. The molecule has 1 N–H and O–H groups in total. The molecule has 0 spiro atoms. The van der Waals surface area contributed by atoms with Gasteiger partial charge in [0.1, 0.15) is 10.6 Å². The van der Waals surface area contributed by atoms with Crippen LogP contribution in [0, 0.1) is 6.92 Å². The van der Waals surface area contributed by atoms with Crippen molar-refractivity contribution in [3.8, 4) is 21.7 Å². The Bertz CT molecular complexity index is 1910. The number of aromatic nitrogens is 3. The topological polar surface area (TPSA) is 88.3 Å². The molecule has 0 aliphatic carbocycles. The molecule has 1 atom stereocenters. The van der Waals surface area contributed by atoms with Crippen LogP contribution in [0.3, 0.4) is 0 Å².